The number of fused-ring (bicyclic) bond motifs is 2. The van der Waals surface area contributed by atoms with E-state index in [0.717, 1.165) is 37.4 Å². The monoisotopic (exact) mass is 344 g/mol. The van der Waals surface area contributed by atoms with E-state index in [4.69, 9.17) is 10.5 Å². The van der Waals surface area contributed by atoms with Gasteiger partial charge in [-0.15, -0.1) is 0 Å². The van der Waals surface area contributed by atoms with E-state index >= 15 is 0 Å². The van der Waals surface area contributed by atoms with Crippen LogP contribution in [0.4, 0.5) is 11.5 Å². The van der Waals surface area contributed by atoms with Crippen LogP contribution in [0.25, 0.3) is 0 Å². The minimum absolute atomic E-state index is 0.0767. The van der Waals surface area contributed by atoms with Crippen LogP contribution in [0.2, 0.25) is 0 Å². The lowest BCUT2D eigenvalue weighted by atomic mass is 9.65. The molecule has 1 aliphatic heterocycles. The van der Waals surface area contributed by atoms with E-state index in [1.54, 1.807) is 6.20 Å². The Labute approximate surface area is 149 Å². The highest BCUT2D eigenvalue weighted by atomic mass is 16.5. The van der Waals surface area contributed by atoms with Crippen molar-refractivity contribution in [2.24, 2.45) is 23.5 Å². The molecule has 3 aliphatic rings. The Balaban J connectivity index is 1.46. The van der Waals surface area contributed by atoms with Crippen molar-refractivity contribution in [3.63, 3.8) is 0 Å². The Hall–Kier alpha value is -1.66. The number of morpholine rings is 1. The maximum atomic E-state index is 12.9. The Morgan fingerprint density at radius 3 is 2.68 bits per heavy atom. The van der Waals surface area contributed by atoms with Gasteiger partial charge in [0.15, 0.2) is 5.82 Å². The Morgan fingerprint density at radius 2 is 1.96 bits per heavy atom. The van der Waals surface area contributed by atoms with Gasteiger partial charge >= 0.3 is 0 Å². The maximum Gasteiger partial charge on any atom is 0.227 e. The van der Waals surface area contributed by atoms with Crippen molar-refractivity contribution in [3.8, 4) is 0 Å². The van der Waals surface area contributed by atoms with E-state index in [-0.39, 0.29) is 11.8 Å². The molecule has 2 bridgehead atoms. The van der Waals surface area contributed by atoms with Gasteiger partial charge in [-0.05, 0) is 49.7 Å². The highest BCUT2D eigenvalue weighted by Crippen LogP contribution is 2.42. The van der Waals surface area contributed by atoms with Gasteiger partial charge in [0.1, 0.15) is 0 Å². The van der Waals surface area contributed by atoms with Crippen LogP contribution in [-0.4, -0.2) is 43.2 Å². The van der Waals surface area contributed by atoms with E-state index in [1.807, 2.05) is 12.1 Å². The number of nitrogens with two attached hydrogens (primary N) is 1. The molecule has 0 spiro atoms. The Morgan fingerprint density at radius 1 is 1.24 bits per heavy atom. The second kappa shape index (κ2) is 7.30. The number of carbonyl (C=O) groups is 1. The molecule has 2 aliphatic carbocycles. The summed E-state index contributed by atoms with van der Waals surface area (Å²) in [4.78, 5) is 19.6. The maximum absolute atomic E-state index is 12.9. The summed E-state index contributed by atoms with van der Waals surface area (Å²) in [6.07, 6.45) is 7.25. The molecule has 1 aromatic rings. The smallest absolute Gasteiger partial charge is 0.227 e. The topological polar surface area (TPSA) is 80.5 Å². The molecule has 2 unspecified atom stereocenters. The van der Waals surface area contributed by atoms with Gasteiger partial charge in [0, 0.05) is 31.2 Å². The average Bonchev–Trinajstić information content (AvgIpc) is 2.62. The zero-order valence-electron chi connectivity index (χ0n) is 14.7. The quantitative estimate of drug-likeness (QED) is 0.877. The standard InChI is InChI=1S/C19H28N4O2/c20-17-13-3-1-4-14(17)12-15(11-13)19(24)22-16-5-2-6-21-18(16)23-7-9-25-10-8-23/h2,5-6,13-15,17H,1,3-4,7-12,20H2,(H,22,24). The lowest BCUT2D eigenvalue weighted by Gasteiger charge is -2.43. The molecular formula is C19H28N4O2. The number of amides is 1. The fourth-order valence-electron chi connectivity index (χ4n) is 4.76. The van der Waals surface area contributed by atoms with Gasteiger partial charge in [0.2, 0.25) is 5.91 Å². The van der Waals surface area contributed by atoms with Gasteiger partial charge in [-0.1, -0.05) is 6.42 Å². The first-order valence-corrected chi connectivity index (χ1v) is 9.56. The van der Waals surface area contributed by atoms with Crippen molar-refractivity contribution in [2.75, 3.05) is 36.5 Å². The average molecular weight is 344 g/mol. The zero-order chi connectivity index (χ0) is 17.2. The molecule has 6 nitrogen and oxygen atoms in total. The van der Waals surface area contributed by atoms with E-state index in [1.165, 1.54) is 19.3 Å². The van der Waals surface area contributed by atoms with E-state index in [9.17, 15) is 4.79 Å². The van der Waals surface area contributed by atoms with Crippen molar-refractivity contribution in [1.82, 2.24) is 4.98 Å². The lowest BCUT2D eigenvalue weighted by molar-refractivity contribution is -0.122. The van der Waals surface area contributed by atoms with Gasteiger partial charge in [-0.3, -0.25) is 4.79 Å². The van der Waals surface area contributed by atoms with Crippen LogP contribution in [0.3, 0.4) is 0 Å². The van der Waals surface area contributed by atoms with Crippen LogP contribution in [0.15, 0.2) is 18.3 Å². The van der Waals surface area contributed by atoms with Crippen LogP contribution in [0.5, 0.6) is 0 Å². The predicted molar refractivity (Wildman–Crippen MR) is 97.4 cm³/mol. The number of aromatic nitrogens is 1. The number of hydrogen-bond acceptors (Lipinski definition) is 5. The number of nitrogens with one attached hydrogen (secondary N) is 1. The van der Waals surface area contributed by atoms with Crippen molar-refractivity contribution in [2.45, 2.75) is 38.1 Å². The normalized spacial score (nSPS) is 32.3. The van der Waals surface area contributed by atoms with Gasteiger partial charge < -0.3 is 20.7 Å². The molecule has 3 N–H and O–H groups in total. The SMILES string of the molecule is NC1C2CCCC1CC(C(=O)Nc1cccnc1N1CCOCC1)C2. The fourth-order valence-corrected chi connectivity index (χ4v) is 4.76. The molecular weight excluding hydrogens is 316 g/mol. The lowest BCUT2D eigenvalue weighted by Crippen LogP contribution is -2.48. The molecule has 2 saturated carbocycles. The first-order chi connectivity index (χ1) is 12.2. The molecule has 0 aromatic carbocycles. The fraction of sp³-hybridized carbons (Fsp3) is 0.684. The first-order valence-electron chi connectivity index (χ1n) is 9.56. The summed E-state index contributed by atoms with van der Waals surface area (Å²) in [6.45, 7) is 3.02. The molecule has 0 radical (unpaired) electrons. The zero-order valence-corrected chi connectivity index (χ0v) is 14.7. The number of hydrogen-bond donors (Lipinski definition) is 2. The summed E-state index contributed by atoms with van der Waals surface area (Å²) in [7, 11) is 0. The first kappa shape index (κ1) is 16.8. The largest absolute Gasteiger partial charge is 0.378 e. The summed E-state index contributed by atoms with van der Waals surface area (Å²) >= 11 is 0. The van der Waals surface area contributed by atoms with Gasteiger partial charge in [-0.2, -0.15) is 0 Å². The Kier molecular flexibility index (Phi) is 4.90. The molecule has 136 valence electrons. The highest BCUT2D eigenvalue weighted by Gasteiger charge is 2.40. The van der Waals surface area contributed by atoms with Gasteiger partial charge in [0.05, 0.1) is 18.9 Å². The molecule has 3 fully saturated rings. The molecule has 2 atom stereocenters. The third-order valence-corrected chi connectivity index (χ3v) is 6.14. The molecule has 1 saturated heterocycles. The molecule has 2 heterocycles. The molecule has 25 heavy (non-hydrogen) atoms. The van der Waals surface area contributed by atoms with E-state index < -0.39 is 0 Å². The summed E-state index contributed by atoms with van der Waals surface area (Å²) in [5.74, 6) is 2.08. The highest BCUT2D eigenvalue weighted by molar-refractivity contribution is 5.95. The van der Waals surface area contributed by atoms with Crippen molar-refractivity contribution < 1.29 is 9.53 Å². The molecule has 1 amide bonds. The number of carbonyl (C=O) groups excluding carboxylic acids is 1. The predicted octanol–water partition coefficient (Wildman–Crippen LogP) is 2.01. The third kappa shape index (κ3) is 3.51. The van der Waals surface area contributed by atoms with Crippen LogP contribution < -0.4 is 16.0 Å². The van der Waals surface area contributed by atoms with Crippen LogP contribution in [0, 0.1) is 17.8 Å². The van der Waals surface area contributed by atoms with Gasteiger partial charge in [-0.25, -0.2) is 4.98 Å². The molecule has 6 heteroatoms. The van der Waals surface area contributed by atoms with E-state index in [0.29, 0.717) is 31.1 Å². The third-order valence-electron chi connectivity index (χ3n) is 6.14. The second-order valence-electron chi connectivity index (χ2n) is 7.66. The van der Waals surface area contributed by atoms with Crippen molar-refractivity contribution >= 4 is 17.4 Å². The minimum atomic E-state index is 0.0767. The van der Waals surface area contributed by atoms with Crippen LogP contribution in [0.1, 0.15) is 32.1 Å². The van der Waals surface area contributed by atoms with Crippen molar-refractivity contribution in [3.05, 3.63) is 18.3 Å². The Bertz CT molecular complexity index is 603. The summed E-state index contributed by atoms with van der Waals surface area (Å²) in [5, 5.41) is 3.16. The minimum Gasteiger partial charge on any atom is -0.378 e. The summed E-state index contributed by atoms with van der Waals surface area (Å²) < 4.78 is 5.42. The number of pyridine rings is 1. The number of anilines is 2. The number of rotatable bonds is 3. The molecule has 1 aromatic heterocycles. The van der Waals surface area contributed by atoms with E-state index in [2.05, 4.69) is 15.2 Å². The van der Waals surface area contributed by atoms with Gasteiger partial charge in [0.25, 0.3) is 0 Å². The summed E-state index contributed by atoms with van der Waals surface area (Å²) in [5.41, 5.74) is 7.17. The van der Waals surface area contributed by atoms with Crippen LogP contribution in [-0.2, 0) is 9.53 Å². The van der Waals surface area contributed by atoms with Crippen molar-refractivity contribution in [1.29, 1.82) is 0 Å². The van der Waals surface area contributed by atoms with Crippen LogP contribution >= 0.6 is 0 Å². The number of nitrogens with zero attached hydrogens (tertiary/aromatic N) is 2. The number of ether oxygens (including phenoxy) is 1. The molecule has 4 rings (SSSR count). The summed E-state index contributed by atoms with van der Waals surface area (Å²) in [6, 6.07) is 4.12. The second-order valence-corrected chi connectivity index (χ2v) is 7.66.